The Hall–Kier alpha value is -1.96. The van der Waals surface area contributed by atoms with Crippen molar-refractivity contribution in [1.29, 1.82) is 0 Å². The quantitative estimate of drug-likeness (QED) is 0.762. The molecule has 3 N–H and O–H groups in total. The summed E-state index contributed by atoms with van der Waals surface area (Å²) in [7, 11) is 0. The van der Waals surface area contributed by atoms with E-state index in [1.54, 1.807) is 12.5 Å². The van der Waals surface area contributed by atoms with Crippen molar-refractivity contribution in [3.63, 3.8) is 0 Å². The lowest BCUT2D eigenvalue weighted by Gasteiger charge is -2.40. The Morgan fingerprint density at radius 3 is 3.04 bits per heavy atom. The van der Waals surface area contributed by atoms with Gasteiger partial charge in [-0.25, -0.2) is 9.97 Å². The molecule has 2 aromatic rings. The fourth-order valence-corrected chi connectivity index (χ4v) is 2.76. The number of rotatable bonds is 5. The lowest BCUT2D eigenvalue weighted by atomic mass is 9.99. The Morgan fingerprint density at radius 2 is 2.35 bits per heavy atom. The van der Waals surface area contributed by atoms with Gasteiger partial charge >= 0.3 is 0 Å². The summed E-state index contributed by atoms with van der Waals surface area (Å²) >= 11 is 0. The highest BCUT2D eigenvalue weighted by Crippen LogP contribution is 2.21. The van der Waals surface area contributed by atoms with Gasteiger partial charge in [0.2, 0.25) is 0 Å². The van der Waals surface area contributed by atoms with E-state index in [-0.39, 0.29) is 12.6 Å². The summed E-state index contributed by atoms with van der Waals surface area (Å²) in [4.78, 5) is 8.83. The number of aromatic nitrogens is 2. The molecule has 23 heavy (non-hydrogen) atoms. The fourth-order valence-electron chi connectivity index (χ4n) is 2.76. The minimum Gasteiger partial charge on any atom is -0.472 e. The second kappa shape index (κ2) is 6.66. The Morgan fingerprint density at radius 1 is 1.48 bits per heavy atom. The van der Waals surface area contributed by atoms with Gasteiger partial charge in [-0.2, -0.15) is 0 Å². The highest BCUT2D eigenvalue weighted by Gasteiger charge is 2.34. The average molecular weight is 318 g/mol. The van der Waals surface area contributed by atoms with Crippen LogP contribution in [0.25, 0.3) is 11.3 Å². The van der Waals surface area contributed by atoms with Crippen molar-refractivity contribution in [2.75, 3.05) is 31.7 Å². The summed E-state index contributed by atoms with van der Waals surface area (Å²) in [5.74, 6) is 1.38. The highest BCUT2D eigenvalue weighted by atomic mass is 16.5. The van der Waals surface area contributed by atoms with Crippen molar-refractivity contribution >= 4 is 5.82 Å². The third-order valence-electron chi connectivity index (χ3n) is 3.86. The van der Waals surface area contributed by atoms with Crippen molar-refractivity contribution in [3.8, 4) is 11.3 Å². The van der Waals surface area contributed by atoms with E-state index in [2.05, 4.69) is 20.6 Å². The van der Waals surface area contributed by atoms with Gasteiger partial charge in [-0.3, -0.25) is 0 Å². The molecule has 0 saturated carbocycles. The third kappa shape index (κ3) is 3.69. The van der Waals surface area contributed by atoms with Gasteiger partial charge in [0.05, 0.1) is 43.6 Å². The molecule has 3 rings (SSSR count). The van der Waals surface area contributed by atoms with Crippen LogP contribution in [-0.4, -0.2) is 53.0 Å². The molecule has 2 atom stereocenters. The topological polar surface area (TPSA) is 92.4 Å². The van der Waals surface area contributed by atoms with E-state index in [1.807, 2.05) is 26.0 Å². The lowest BCUT2D eigenvalue weighted by molar-refractivity contribution is -0.0158. The standard InChI is InChI=1S/C16H22N4O3/c1-11-6-23-10-16(9-21,20-11)8-17-15-5-14(18-12(2)19-15)13-3-4-22-7-13/h3-5,7,11,20-21H,6,8-10H2,1-2H3,(H,17,18,19)/t11-,16+/m1/s1. The van der Waals surface area contributed by atoms with Gasteiger partial charge < -0.3 is 24.9 Å². The molecule has 7 heteroatoms. The van der Waals surface area contributed by atoms with Crippen LogP contribution in [0.1, 0.15) is 12.7 Å². The molecule has 0 amide bonds. The molecule has 0 aliphatic carbocycles. The number of morpholine rings is 1. The van der Waals surface area contributed by atoms with Gasteiger partial charge in [0.15, 0.2) is 0 Å². The number of nitrogens with one attached hydrogen (secondary N) is 2. The zero-order valence-electron chi connectivity index (χ0n) is 13.4. The summed E-state index contributed by atoms with van der Waals surface area (Å²) in [6.45, 7) is 5.49. The number of hydrogen-bond donors (Lipinski definition) is 3. The maximum atomic E-state index is 9.77. The first kappa shape index (κ1) is 15.9. The van der Waals surface area contributed by atoms with E-state index in [4.69, 9.17) is 9.15 Å². The fraction of sp³-hybridized carbons (Fsp3) is 0.500. The molecule has 3 heterocycles. The van der Waals surface area contributed by atoms with Crippen molar-refractivity contribution in [2.45, 2.75) is 25.4 Å². The molecular weight excluding hydrogens is 296 g/mol. The molecule has 124 valence electrons. The Balaban J connectivity index is 1.75. The van der Waals surface area contributed by atoms with E-state index < -0.39 is 5.54 Å². The molecular formula is C16H22N4O3. The van der Waals surface area contributed by atoms with E-state index in [0.717, 1.165) is 11.3 Å². The van der Waals surface area contributed by atoms with Crippen LogP contribution in [0, 0.1) is 6.92 Å². The molecule has 2 aromatic heterocycles. The monoisotopic (exact) mass is 318 g/mol. The summed E-state index contributed by atoms with van der Waals surface area (Å²) in [5, 5.41) is 16.5. The first-order valence-electron chi connectivity index (χ1n) is 7.69. The van der Waals surface area contributed by atoms with Crippen LogP contribution in [-0.2, 0) is 4.74 Å². The number of anilines is 1. The number of nitrogens with zero attached hydrogens (tertiary/aromatic N) is 2. The van der Waals surface area contributed by atoms with Crippen LogP contribution in [0.2, 0.25) is 0 Å². The molecule has 1 aliphatic heterocycles. The van der Waals surface area contributed by atoms with E-state index in [0.29, 0.717) is 31.4 Å². The first-order chi connectivity index (χ1) is 11.1. The van der Waals surface area contributed by atoms with E-state index in [1.165, 1.54) is 0 Å². The van der Waals surface area contributed by atoms with Gasteiger partial charge in [-0.1, -0.05) is 0 Å². The maximum absolute atomic E-state index is 9.77. The third-order valence-corrected chi connectivity index (χ3v) is 3.86. The summed E-state index contributed by atoms with van der Waals surface area (Å²) in [6.07, 6.45) is 3.27. The number of ether oxygens (including phenoxy) is 1. The van der Waals surface area contributed by atoms with Crippen molar-refractivity contribution in [1.82, 2.24) is 15.3 Å². The predicted octanol–water partition coefficient (Wildman–Crippen LogP) is 1.20. The second-order valence-electron chi connectivity index (χ2n) is 6.05. The van der Waals surface area contributed by atoms with Gasteiger partial charge in [-0.05, 0) is 19.9 Å². The van der Waals surface area contributed by atoms with Gasteiger partial charge in [-0.15, -0.1) is 0 Å². The number of aryl methyl sites for hydroxylation is 1. The Kier molecular flexibility index (Phi) is 4.61. The molecule has 0 radical (unpaired) electrons. The summed E-state index contributed by atoms with van der Waals surface area (Å²) < 4.78 is 10.7. The van der Waals surface area contributed by atoms with Crippen molar-refractivity contribution in [2.24, 2.45) is 0 Å². The molecule has 0 unspecified atom stereocenters. The molecule has 7 nitrogen and oxygen atoms in total. The molecule has 1 fully saturated rings. The SMILES string of the molecule is Cc1nc(NC[C@]2(CO)COC[C@@H](C)N2)cc(-c2ccoc2)n1. The number of furan rings is 1. The Bertz CT molecular complexity index is 647. The van der Waals surface area contributed by atoms with Crippen LogP contribution in [0.15, 0.2) is 29.1 Å². The van der Waals surface area contributed by atoms with Crippen LogP contribution >= 0.6 is 0 Å². The normalized spacial score (nSPS) is 24.6. The van der Waals surface area contributed by atoms with Crippen LogP contribution in [0.3, 0.4) is 0 Å². The molecule has 0 aromatic carbocycles. The molecule has 0 bridgehead atoms. The summed E-state index contributed by atoms with van der Waals surface area (Å²) in [6, 6.07) is 3.93. The largest absolute Gasteiger partial charge is 0.472 e. The molecule has 0 spiro atoms. The predicted molar refractivity (Wildman–Crippen MR) is 86.2 cm³/mol. The highest BCUT2D eigenvalue weighted by molar-refractivity contribution is 5.61. The van der Waals surface area contributed by atoms with Gasteiger partial charge in [0.1, 0.15) is 11.6 Å². The minimum absolute atomic E-state index is 0.0109. The maximum Gasteiger partial charge on any atom is 0.130 e. The van der Waals surface area contributed by atoms with Crippen LogP contribution in [0.4, 0.5) is 5.82 Å². The lowest BCUT2D eigenvalue weighted by Crippen LogP contribution is -2.63. The molecule has 1 aliphatic rings. The van der Waals surface area contributed by atoms with Crippen molar-refractivity contribution < 1.29 is 14.3 Å². The average Bonchev–Trinajstić information content (AvgIpc) is 3.07. The van der Waals surface area contributed by atoms with E-state index >= 15 is 0 Å². The van der Waals surface area contributed by atoms with Gasteiger partial charge in [0.25, 0.3) is 0 Å². The Labute approximate surface area is 135 Å². The zero-order valence-corrected chi connectivity index (χ0v) is 13.4. The first-order valence-corrected chi connectivity index (χ1v) is 7.69. The number of aliphatic hydroxyl groups excluding tert-OH is 1. The smallest absolute Gasteiger partial charge is 0.130 e. The second-order valence-corrected chi connectivity index (χ2v) is 6.05. The number of aliphatic hydroxyl groups is 1. The van der Waals surface area contributed by atoms with Crippen molar-refractivity contribution in [3.05, 3.63) is 30.5 Å². The number of hydrogen-bond acceptors (Lipinski definition) is 7. The van der Waals surface area contributed by atoms with Gasteiger partial charge in [0, 0.05) is 24.2 Å². The van der Waals surface area contributed by atoms with Crippen LogP contribution < -0.4 is 10.6 Å². The zero-order chi connectivity index (χ0) is 16.3. The van der Waals surface area contributed by atoms with E-state index in [9.17, 15) is 5.11 Å². The minimum atomic E-state index is -0.508. The molecule has 1 saturated heterocycles. The van der Waals surface area contributed by atoms with Crippen LogP contribution in [0.5, 0.6) is 0 Å². The summed E-state index contributed by atoms with van der Waals surface area (Å²) in [5.41, 5.74) is 1.20.